The fraction of sp³-hybridized carbons (Fsp3) is 0.444. The van der Waals surface area contributed by atoms with Gasteiger partial charge in [0.1, 0.15) is 5.00 Å². The van der Waals surface area contributed by atoms with Crippen LogP contribution in [-0.2, 0) is 5.75 Å². The third-order valence-electron chi connectivity index (χ3n) is 2.05. The Morgan fingerprint density at radius 3 is 3.00 bits per heavy atom. The smallest absolute Gasteiger partial charge is 0.262 e. The van der Waals surface area contributed by atoms with E-state index in [1.165, 1.54) is 11.5 Å². The van der Waals surface area contributed by atoms with Crippen LogP contribution in [0, 0.1) is 6.92 Å². The average molecular weight is 256 g/mol. The molecule has 0 fully saturated rings. The Labute approximate surface area is 102 Å². The van der Waals surface area contributed by atoms with Crippen molar-refractivity contribution < 1.29 is 4.52 Å². The molecule has 0 aliphatic rings. The van der Waals surface area contributed by atoms with Crippen LogP contribution in [0.25, 0.3) is 11.5 Å². The Hall–Kier alpha value is -1.08. The SMILES string of the molecule is CNc1snc(C)c1-c1nc(CSC)no1. The predicted molar refractivity (Wildman–Crippen MR) is 66.9 cm³/mol. The average Bonchev–Trinajstić information content (AvgIpc) is 2.85. The van der Waals surface area contributed by atoms with Crippen LogP contribution in [0.2, 0.25) is 0 Å². The van der Waals surface area contributed by atoms with Gasteiger partial charge in [-0.25, -0.2) is 0 Å². The van der Waals surface area contributed by atoms with Gasteiger partial charge in [-0.05, 0) is 24.7 Å². The van der Waals surface area contributed by atoms with E-state index in [0.717, 1.165) is 27.8 Å². The van der Waals surface area contributed by atoms with E-state index >= 15 is 0 Å². The second kappa shape index (κ2) is 4.84. The first-order chi connectivity index (χ1) is 7.76. The van der Waals surface area contributed by atoms with Crippen molar-refractivity contribution in [3.05, 3.63) is 11.5 Å². The van der Waals surface area contributed by atoms with Crippen molar-refractivity contribution in [2.45, 2.75) is 12.7 Å². The summed E-state index contributed by atoms with van der Waals surface area (Å²) in [5.74, 6) is 2.02. The van der Waals surface area contributed by atoms with E-state index < -0.39 is 0 Å². The molecule has 86 valence electrons. The number of hydrogen-bond donors (Lipinski definition) is 1. The van der Waals surface area contributed by atoms with Gasteiger partial charge >= 0.3 is 0 Å². The van der Waals surface area contributed by atoms with E-state index in [2.05, 4.69) is 19.8 Å². The van der Waals surface area contributed by atoms with Crippen LogP contribution in [0.1, 0.15) is 11.5 Å². The first-order valence-corrected chi connectivity index (χ1v) is 6.89. The molecule has 0 atom stereocenters. The summed E-state index contributed by atoms with van der Waals surface area (Å²) in [6.07, 6.45) is 2.01. The molecule has 5 nitrogen and oxygen atoms in total. The number of aryl methyl sites for hydroxylation is 1. The predicted octanol–water partition coefficient (Wildman–Crippen LogP) is 2.41. The fourth-order valence-electron chi connectivity index (χ4n) is 1.34. The lowest BCUT2D eigenvalue weighted by Crippen LogP contribution is -1.89. The van der Waals surface area contributed by atoms with Crippen LogP contribution in [-0.4, -0.2) is 27.8 Å². The minimum Gasteiger partial charge on any atom is -0.378 e. The molecule has 0 saturated heterocycles. The van der Waals surface area contributed by atoms with Crippen molar-refractivity contribution in [2.24, 2.45) is 0 Å². The largest absolute Gasteiger partial charge is 0.378 e. The van der Waals surface area contributed by atoms with Gasteiger partial charge in [-0.15, -0.1) is 0 Å². The van der Waals surface area contributed by atoms with Crippen LogP contribution in [0.15, 0.2) is 4.52 Å². The van der Waals surface area contributed by atoms with Crippen molar-refractivity contribution in [1.29, 1.82) is 0 Å². The van der Waals surface area contributed by atoms with E-state index in [0.29, 0.717) is 5.89 Å². The molecule has 2 aromatic rings. The van der Waals surface area contributed by atoms with Crippen molar-refractivity contribution in [3.8, 4) is 11.5 Å². The molecule has 2 heterocycles. The van der Waals surface area contributed by atoms with Crippen molar-refractivity contribution in [3.63, 3.8) is 0 Å². The number of rotatable bonds is 4. The van der Waals surface area contributed by atoms with E-state index in [1.807, 2.05) is 20.2 Å². The molecule has 0 saturated carbocycles. The highest BCUT2D eigenvalue weighted by atomic mass is 32.2. The number of anilines is 1. The van der Waals surface area contributed by atoms with Gasteiger partial charge in [0.25, 0.3) is 5.89 Å². The zero-order valence-corrected chi connectivity index (χ0v) is 10.9. The summed E-state index contributed by atoms with van der Waals surface area (Å²) in [7, 11) is 1.86. The Morgan fingerprint density at radius 2 is 2.31 bits per heavy atom. The molecule has 2 aromatic heterocycles. The molecule has 1 N–H and O–H groups in total. The van der Waals surface area contributed by atoms with E-state index in [-0.39, 0.29) is 0 Å². The summed E-state index contributed by atoms with van der Waals surface area (Å²) in [4.78, 5) is 4.34. The van der Waals surface area contributed by atoms with Crippen LogP contribution in [0.3, 0.4) is 0 Å². The van der Waals surface area contributed by atoms with Crippen LogP contribution in [0.4, 0.5) is 5.00 Å². The van der Waals surface area contributed by atoms with Crippen molar-refractivity contribution >= 4 is 28.3 Å². The standard InChI is InChI=1S/C9H12N4OS2/c1-5-7(9(10-2)16-13-5)8-11-6(4-15-3)12-14-8/h10H,4H2,1-3H3. The maximum atomic E-state index is 5.24. The highest BCUT2D eigenvalue weighted by molar-refractivity contribution is 7.97. The third-order valence-corrected chi connectivity index (χ3v) is 3.55. The maximum Gasteiger partial charge on any atom is 0.262 e. The van der Waals surface area contributed by atoms with E-state index in [1.54, 1.807) is 11.8 Å². The molecule has 0 aliphatic carbocycles. The van der Waals surface area contributed by atoms with Crippen molar-refractivity contribution in [2.75, 3.05) is 18.6 Å². The van der Waals surface area contributed by atoms with Gasteiger partial charge in [0.05, 0.1) is 17.0 Å². The third kappa shape index (κ3) is 2.05. The van der Waals surface area contributed by atoms with Crippen LogP contribution < -0.4 is 5.32 Å². The number of thioether (sulfide) groups is 1. The maximum absolute atomic E-state index is 5.24. The lowest BCUT2D eigenvalue weighted by atomic mass is 10.2. The normalized spacial score (nSPS) is 10.7. The molecule has 0 aromatic carbocycles. The summed E-state index contributed by atoms with van der Waals surface area (Å²) < 4.78 is 9.50. The second-order valence-corrected chi connectivity index (χ2v) is 4.81. The molecule has 0 aliphatic heterocycles. The Kier molecular flexibility index (Phi) is 3.45. The van der Waals surface area contributed by atoms with Crippen LogP contribution >= 0.6 is 23.3 Å². The number of nitrogens with zero attached hydrogens (tertiary/aromatic N) is 3. The number of aromatic nitrogens is 3. The summed E-state index contributed by atoms with van der Waals surface area (Å²) in [6, 6.07) is 0. The molecule has 0 radical (unpaired) electrons. The highest BCUT2D eigenvalue weighted by Gasteiger charge is 2.18. The lowest BCUT2D eigenvalue weighted by molar-refractivity contribution is 0.425. The molecule has 16 heavy (non-hydrogen) atoms. The lowest BCUT2D eigenvalue weighted by Gasteiger charge is -1.96. The summed E-state index contributed by atoms with van der Waals surface area (Å²) in [5, 5.41) is 7.96. The van der Waals surface area contributed by atoms with Crippen LogP contribution in [0.5, 0.6) is 0 Å². The monoisotopic (exact) mass is 256 g/mol. The minimum atomic E-state index is 0.541. The fourth-order valence-corrected chi connectivity index (χ4v) is 2.45. The Morgan fingerprint density at radius 1 is 1.50 bits per heavy atom. The molecule has 0 unspecified atom stereocenters. The zero-order chi connectivity index (χ0) is 11.5. The molecule has 0 amide bonds. The van der Waals surface area contributed by atoms with E-state index in [9.17, 15) is 0 Å². The van der Waals surface area contributed by atoms with E-state index in [4.69, 9.17) is 4.52 Å². The number of hydrogen-bond acceptors (Lipinski definition) is 7. The molecule has 0 spiro atoms. The van der Waals surface area contributed by atoms with Gasteiger partial charge < -0.3 is 9.84 Å². The second-order valence-electron chi connectivity index (χ2n) is 3.17. The topological polar surface area (TPSA) is 63.8 Å². The highest BCUT2D eigenvalue weighted by Crippen LogP contribution is 2.33. The summed E-state index contributed by atoms with van der Waals surface area (Å²) >= 11 is 3.07. The van der Waals surface area contributed by atoms with Gasteiger partial charge in [0.15, 0.2) is 5.82 Å². The first-order valence-electron chi connectivity index (χ1n) is 4.72. The summed E-state index contributed by atoms with van der Waals surface area (Å²) in [6.45, 7) is 1.94. The molecule has 7 heteroatoms. The van der Waals surface area contributed by atoms with Gasteiger partial charge in [-0.2, -0.15) is 21.1 Å². The molecule has 2 rings (SSSR count). The first kappa shape index (κ1) is 11.4. The van der Waals surface area contributed by atoms with Gasteiger partial charge in [0.2, 0.25) is 0 Å². The minimum absolute atomic E-state index is 0.541. The Bertz CT molecular complexity index is 480. The number of nitrogens with one attached hydrogen (secondary N) is 1. The van der Waals surface area contributed by atoms with Crippen molar-refractivity contribution in [1.82, 2.24) is 14.5 Å². The molecular formula is C9H12N4OS2. The van der Waals surface area contributed by atoms with Gasteiger partial charge in [-0.3, -0.25) is 0 Å². The Balaban J connectivity index is 2.37. The van der Waals surface area contributed by atoms with Gasteiger partial charge in [0, 0.05) is 7.05 Å². The quantitative estimate of drug-likeness (QED) is 0.906. The van der Waals surface area contributed by atoms with Gasteiger partial charge in [-0.1, -0.05) is 5.16 Å². The zero-order valence-electron chi connectivity index (χ0n) is 9.27. The summed E-state index contributed by atoms with van der Waals surface area (Å²) in [5.41, 5.74) is 1.82. The molecular weight excluding hydrogens is 244 g/mol. The molecule has 0 bridgehead atoms.